The molecule has 0 radical (unpaired) electrons. The zero-order valence-corrected chi connectivity index (χ0v) is 43.3. The summed E-state index contributed by atoms with van der Waals surface area (Å²) >= 11 is 0. The number of hydrogen-bond acceptors (Lipinski definition) is 25. The van der Waals surface area contributed by atoms with Gasteiger partial charge in [0, 0.05) is 19.4 Å². The van der Waals surface area contributed by atoms with Gasteiger partial charge in [0.25, 0.3) is 30.4 Å². The minimum atomic E-state index is -4.72. The molecular weight excluding hydrogens is 1110 g/mol. The SMILES string of the molecule is Cc1cc(Cc2nc(Cc3ccc(N=Nc4ccc(N=Nc5ccc(S(=O)(=O)O)cc5)cc4)c(O)c3)nc(NCCS(=O)(=O)O)n2)ccc1N=Nc1ccc(N=Nc2ccccc2)cc1S(=O)(=O)O.O=S(=O)=O.O=S(=O)=O. The van der Waals surface area contributed by atoms with Gasteiger partial charge in [-0.15, -0.1) is 35.5 Å². The molecule has 0 aliphatic carbocycles. The maximum absolute atomic E-state index is 12.3. The molecule has 0 bridgehead atoms. The first-order valence-electron chi connectivity index (χ1n) is 21.2. The molecule has 0 aliphatic heterocycles. The Morgan fingerprint density at radius 3 is 1.40 bits per heavy atom. The second-order valence-electron chi connectivity index (χ2n) is 15.2. The number of hydrogen-bond donors (Lipinski definition) is 5. The van der Waals surface area contributed by atoms with Crippen LogP contribution in [0.4, 0.5) is 51.4 Å². The maximum atomic E-state index is 12.3. The van der Waals surface area contributed by atoms with E-state index in [4.69, 9.17) is 29.8 Å². The monoisotopic (exact) mass is 1150 g/mol. The van der Waals surface area contributed by atoms with E-state index in [2.05, 4.69) is 61.2 Å². The molecule has 28 nitrogen and oxygen atoms in total. The normalized spacial score (nSPS) is 11.8. The van der Waals surface area contributed by atoms with Crippen LogP contribution in [-0.2, 0) is 64.4 Å². The van der Waals surface area contributed by atoms with Gasteiger partial charge in [0.15, 0.2) is 0 Å². The third-order valence-corrected chi connectivity index (χ3v) is 11.9. The summed E-state index contributed by atoms with van der Waals surface area (Å²) in [4.78, 5) is 12.7. The fourth-order valence-electron chi connectivity index (χ4n) is 6.14. The van der Waals surface area contributed by atoms with Crippen LogP contribution in [-0.4, -0.2) is 96.5 Å². The van der Waals surface area contributed by atoms with Crippen molar-refractivity contribution in [2.75, 3.05) is 17.6 Å². The van der Waals surface area contributed by atoms with Crippen molar-refractivity contribution in [1.82, 2.24) is 15.0 Å². The summed E-state index contributed by atoms with van der Waals surface area (Å²) in [5, 5.41) is 46.6. The van der Waals surface area contributed by atoms with Crippen LogP contribution in [0.2, 0.25) is 0 Å². The predicted molar refractivity (Wildman–Crippen MR) is 271 cm³/mol. The van der Waals surface area contributed by atoms with Crippen LogP contribution >= 0.6 is 0 Å². The van der Waals surface area contributed by atoms with Gasteiger partial charge < -0.3 is 10.4 Å². The number of aromatic hydroxyl groups is 1. The lowest BCUT2D eigenvalue weighted by atomic mass is 10.1. The summed E-state index contributed by atoms with van der Waals surface area (Å²) in [6.07, 6.45) is 0.281. The molecule has 0 aliphatic rings. The molecule has 33 heteroatoms. The molecule has 0 spiro atoms. The first-order valence-corrected chi connectivity index (χ1v) is 27.7. The first kappa shape index (κ1) is 59.2. The number of nitrogens with zero attached hydrogens (tertiary/aromatic N) is 11. The van der Waals surface area contributed by atoms with Crippen molar-refractivity contribution in [2.45, 2.75) is 29.6 Å². The summed E-state index contributed by atoms with van der Waals surface area (Å²) in [6, 6.07) is 34.4. The molecule has 7 aromatic rings. The third kappa shape index (κ3) is 20.9. The van der Waals surface area contributed by atoms with Crippen LogP contribution in [0.15, 0.2) is 184 Å². The Morgan fingerprint density at radius 2 is 0.909 bits per heavy atom. The van der Waals surface area contributed by atoms with E-state index in [1.165, 1.54) is 42.5 Å². The molecule has 0 fully saturated rings. The zero-order chi connectivity index (χ0) is 56.3. The Morgan fingerprint density at radius 1 is 0.481 bits per heavy atom. The maximum Gasteiger partial charge on any atom is 0.425 e. The average Bonchev–Trinajstić information content (AvgIpc) is 3.34. The van der Waals surface area contributed by atoms with Gasteiger partial charge in [0.05, 0.1) is 44.8 Å². The number of phenolic OH excluding ortho intramolecular Hbond substituents is 1. The van der Waals surface area contributed by atoms with Crippen molar-refractivity contribution < 1.29 is 69.3 Å². The van der Waals surface area contributed by atoms with E-state index in [-0.39, 0.29) is 58.9 Å². The van der Waals surface area contributed by atoms with Gasteiger partial charge in [0.2, 0.25) is 5.95 Å². The van der Waals surface area contributed by atoms with E-state index in [1.807, 2.05) is 6.07 Å². The average molecular weight is 1150 g/mol. The van der Waals surface area contributed by atoms with Crippen LogP contribution in [0.3, 0.4) is 0 Å². The molecule has 1 aromatic heterocycles. The van der Waals surface area contributed by atoms with E-state index >= 15 is 0 Å². The lowest BCUT2D eigenvalue weighted by molar-refractivity contribution is 0.475. The van der Waals surface area contributed by atoms with Gasteiger partial charge in [-0.2, -0.15) is 65.9 Å². The zero-order valence-electron chi connectivity index (χ0n) is 39.2. The molecule has 5 N–H and O–H groups in total. The second kappa shape index (κ2) is 27.2. The molecule has 0 atom stereocenters. The lowest BCUT2D eigenvalue weighted by Crippen LogP contribution is -2.17. The molecule has 0 amide bonds. The Hall–Kier alpha value is -8.70. The fourth-order valence-corrected chi connectivity index (χ4v) is 7.62. The summed E-state index contributed by atoms with van der Waals surface area (Å²) in [7, 11) is -19.6. The highest BCUT2D eigenvalue weighted by Gasteiger charge is 2.18. The summed E-state index contributed by atoms with van der Waals surface area (Å²) in [5.74, 6) is -0.195. The predicted octanol–water partition coefficient (Wildman–Crippen LogP) is 8.51. The lowest BCUT2D eigenvalue weighted by Gasteiger charge is -2.10. The fraction of sp³-hybridized carbons (Fsp3) is 0.114. The Balaban J connectivity index is 0.00000128. The topological polar surface area (TPSA) is 435 Å². The van der Waals surface area contributed by atoms with Crippen LogP contribution < -0.4 is 5.32 Å². The Bertz CT molecular complexity index is 3930. The van der Waals surface area contributed by atoms with Gasteiger partial charge in [-0.1, -0.05) is 36.4 Å². The van der Waals surface area contributed by atoms with Crippen molar-refractivity contribution in [2.24, 2.45) is 40.9 Å². The highest BCUT2D eigenvalue weighted by Crippen LogP contribution is 2.33. The summed E-state index contributed by atoms with van der Waals surface area (Å²) in [6.45, 7) is 1.56. The molecular formula is C44H38N12O16S5. The van der Waals surface area contributed by atoms with Crippen LogP contribution in [0.1, 0.15) is 28.3 Å². The van der Waals surface area contributed by atoms with Crippen LogP contribution in [0.25, 0.3) is 0 Å². The minimum absolute atomic E-state index is 0.0412. The molecule has 400 valence electrons. The van der Waals surface area contributed by atoms with Gasteiger partial charge in [-0.05, 0) is 121 Å². The van der Waals surface area contributed by atoms with E-state index in [0.29, 0.717) is 45.4 Å². The largest absolute Gasteiger partial charge is 0.506 e. The van der Waals surface area contributed by atoms with E-state index < -0.39 is 62.2 Å². The molecule has 77 heavy (non-hydrogen) atoms. The number of anilines is 1. The summed E-state index contributed by atoms with van der Waals surface area (Å²) < 4.78 is 149. The number of aryl methyl sites for hydroxylation is 1. The molecule has 0 saturated heterocycles. The third-order valence-electron chi connectivity index (χ3n) is 9.46. The van der Waals surface area contributed by atoms with Crippen molar-refractivity contribution in [3.63, 3.8) is 0 Å². The number of nitrogens with one attached hydrogen (secondary N) is 1. The number of phenols is 1. The quantitative estimate of drug-likeness (QED) is 0.0397. The molecule has 0 saturated carbocycles. The molecule has 7 rings (SSSR count). The minimum Gasteiger partial charge on any atom is -0.506 e. The number of benzene rings is 6. The van der Waals surface area contributed by atoms with E-state index in [9.17, 15) is 39.5 Å². The van der Waals surface area contributed by atoms with Gasteiger partial charge in [-0.3, -0.25) is 13.7 Å². The smallest absolute Gasteiger partial charge is 0.425 e. The molecule has 1 heterocycles. The standard InChI is InChI=1S/C44H38N12O10S3.2O3S/c1-28-23-29(7-18-37(28)54-56-39-20-15-35(27-41(39)69(64,65)66)53-49-31-5-3-2-4-6-31)25-42-46-43(48-44(47-42)45-21-22-67(58,59)60)26-30-8-19-38(40(57)24-30)55-52-33-11-9-32(10-12-33)50-51-34-13-16-36(17-14-34)68(61,62)63;2*1-4(2)3/h2-20,23-24,27,57H,21-22,25-26H2,1H3,(H,58,59,60)(H,61,62,63)(H,64,65,66)(H,45,46,47,48);;. The van der Waals surface area contributed by atoms with Gasteiger partial charge in [-0.25, -0.2) is 4.98 Å². The number of azo groups is 4. The summed E-state index contributed by atoms with van der Waals surface area (Å²) in [5.41, 5.74) is 4.38. The first-order chi connectivity index (χ1) is 36.3. The Labute approximate surface area is 440 Å². The number of rotatable bonds is 18. The van der Waals surface area contributed by atoms with Crippen LogP contribution in [0, 0.1) is 6.92 Å². The molecule has 0 unspecified atom stereocenters. The van der Waals surface area contributed by atoms with E-state index in [0.717, 1.165) is 11.6 Å². The highest BCUT2D eigenvalue weighted by atomic mass is 32.2. The van der Waals surface area contributed by atoms with Crippen molar-refractivity contribution >= 4 is 103 Å². The van der Waals surface area contributed by atoms with Gasteiger partial charge in [0.1, 0.15) is 33.7 Å². The van der Waals surface area contributed by atoms with Gasteiger partial charge >= 0.3 is 21.2 Å². The number of aromatic nitrogens is 3. The van der Waals surface area contributed by atoms with Crippen molar-refractivity contribution in [3.05, 3.63) is 162 Å². The van der Waals surface area contributed by atoms with Crippen molar-refractivity contribution in [1.29, 1.82) is 0 Å². The van der Waals surface area contributed by atoms with Crippen molar-refractivity contribution in [3.8, 4) is 5.75 Å². The molecule has 6 aromatic carbocycles. The second-order valence-corrected chi connectivity index (χ2v) is 20.4. The van der Waals surface area contributed by atoms with E-state index in [1.54, 1.807) is 85.8 Å². The highest BCUT2D eigenvalue weighted by molar-refractivity contribution is 7.86. The van der Waals surface area contributed by atoms with Crippen LogP contribution in [0.5, 0.6) is 5.75 Å². The Kier molecular flexibility index (Phi) is 20.9.